The molecule has 0 aliphatic carbocycles. The van der Waals surface area contributed by atoms with Crippen molar-refractivity contribution in [2.45, 2.75) is 32.2 Å². The summed E-state index contributed by atoms with van der Waals surface area (Å²) >= 11 is 0. The van der Waals surface area contributed by atoms with Gasteiger partial charge in [-0.1, -0.05) is 30.3 Å². The van der Waals surface area contributed by atoms with Crippen molar-refractivity contribution in [2.24, 2.45) is 5.41 Å². The maximum absolute atomic E-state index is 14.0. The van der Waals surface area contributed by atoms with Gasteiger partial charge in [-0.05, 0) is 43.0 Å². The van der Waals surface area contributed by atoms with Crippen LogP contribution in [0.2, 0.25) is 0 Å². The molecule has 0 N–H and O–H groups in total. The fourth-order valence-electron chi connectivity index (χ4n) is 5.11. The number of methoxy groups -OCH3 is 1. The lowest BCUT2D eigenvalue weighted by atomic mass is 9.73. The van der Waals surface area contributed by atoms with Crippen LogP contribution in [0.25, 0.3) is 0 Å². The predicted octanol–water partition coefficient (Wildman–Crippen LogP) is 3.61. The number of hydrogen-bond acceptors (Lipinski definition) is 4. The number of ether oxygens (including phenoxy) is 2. The molecule has 2 aliphatic heterocycles. The van der Waals surface area contributed by atoms with E-state index in [0.717, 1.165) is 11.1 Å². The van der Waals surface area contributed by atoms with Crippen LogP contribution in [0, 0.1) is 11.2 Å². The summed E-state index contributed by atoms with van der Waals surface area (Å²) in [5, 5.41) is 0. The van der Waals surface area contributed by atoms with E-state index in [-0.39, 0.29) is 23.7 Å². The third-order valence-electron chi connectivity index (χ3n) is 6.93. The second-order valence-corrected chi connectivity index (χ2v) is 8.92. The molecule has 0 aromatic heterocycles. The van der Waals surface area contributed by atoms with E-state index in [1.165, 1.54) is 12.1 Å². The molecule has 2 fully saturated rings. The van der Waals surface area contributed by atoms with E-state index in [9.17, 15) is 14.0 Å². The van der Waals surface area contributed by atoms with Crippen molar-refractivity contribution < 1.29 is 23.5 Å². The van der Waals surface area contributed by atoms with Gasteiger partial charge in [-0.25, -0.2) is 4.39 Å². The first kappa shape index (κ1) is 23.2. The van der Waals surface area contributed by atoms with Crippen LogP contribution in [0.1, 0.15) is 36.9 Å². The van der Waals surface area contributed by atoms with Crippen molar-refractivity contribution in [2.75, 3.05) is 40.0 Å². The molecule has 2 aliphatic rings. The van der Waals surface area contributed by atoms with Gasteiger partial charge in [0.1, 0.15) is 11.6 Å². The summed E-state index contributed by atoms with van der Waals surface area (Å²) in [6, 6.07) is 13.8. The first-order valence-corrected chi connectivity index (χ1v) is 11.5. The van der Waals surface area contributed by atoms with Gasteiger partial charge >= 0.3 is 0 Å². The zero-order chi connectivity index (χ0) is 23.4. The molecule has 7 heteroatoms. The number of carbonyl (C=O) groups is 2. The number of carbonyl (C=O) groups excluding carboxylic acids is 2. The van der Waals surface area contributed by atoms with E-state index in [1.807, 2.05) is 34.1 Å². The van der Waals surface area contributed by atoms with Crippen molar-refractivity contribution in [1.82, 2.24) is 9.80 Å². The number of rotatable bonds is 5. The van der Waals surface area contributed by atoms with Gasteiger partial charge in [0, 0.05) is 45.3 Å². The van der Waals surface area contributed by atoms with Crippen LogP contribution < -0.4 is 4.74 Å². The molecule has 1 atom stereocenters. The molecule has 4 rings (SSSR count). The van der Waals surface area contributed by atoms with E-state index < -0.39 is 5.41 Å². The first-order chi connectivity index (χ1) is 15.9. The Kier molecular flexibility index (Phi) is 6.98. The number of halogens is 1. The average Bonchev–Trinajstić information content (AvgIpc) is 2.85. The van der Waals surface area contributed by atoms with Crippen LogP contribution in [0.15, 0.2) is 48.5 Å². The van der Waals surface area contributed by atoms with Crippen molar-refractivity contribution in [1.29, 1.82) is 0 Å². The van der Waals surface area contributed by atoms with Gasteiger partial charge in [0.05, 0.1) is 18.6 Å². The van der Waals surface area contributed by atoms with Crippen LogP contribution in [0.4, 0.5) is 4.39 Å². The monoisotopic (exact) mass is 454 g/mol. The third-order valence-corrected chi connectivity index (χ3v) is 6.93. The molecule has 2 aromatic rings. The smallest absolute Gasteiger partial charge is 0.229 e. The summed E-state index contributed by atoms with van der Waals surface area (Å²) in [7, 11) is 1.61. The van der Waals surface area contributed by atoms with E-state index in [1.54, 1.807) is 26.2 Å². The lowest BCUT2D eigenvalue weighted by molar-refractivity contribution is -0.154. The molecule has 2 heterocycles. The Labute approximate surface area is 194 Å². The van der Waals surface area contributed by atoms with Crippen molar-refractivity contribution in [3.8, 4) is 5.75 Å². The van der Waals surface area contributed by atoms with E-state index in [4.69, 9.17) is 9.47 Å². The van der Waals surface area contributed by atoms with E-state index in [2.05, 4.69) is 0 Å². The molecule has 0 bridgehead atoms. The lowest BCUT2D eigenvalue weighted by Gasteiger charge is -2.46. The molecule has 33 heavy (non-hydrogen) atoms. The normalized spacial score (nSPS) is 20.4. The Morgan fingerprint density at radius 1 is 1.09 bits per heavy atom. The van der Waals surface area contributed by atoms with Gasteiger partial charge in [0.15, 0.2) is 0 Å². The van der Waals surface area contributed by atoms with Crippen LogP contribution in [-0.4, -0.2) is 61.6 Å². The fraction of sp³-hybridized carbons (Fsp3) is 0.462. The molecule has 0 saturated carbocycles. The molecule has 2 aromatic carbocycles. The zero-order valence-corrected chi connectivity index (χ0v) is 19.3. The highest BCUT2D eigenvalue weighted by molar-refractivity contribution is 5.84. The maximum atomic E-state index is 14.0. The van der Waals surface area contributed by atoms with Crippen LogP contribution in [-0.2, 0) is 20.7 Å². The quantitative estimate of drug-likeness (QED) is 0.693. The van der Waals surface area contributed by atoms with Gasteiger partial charge < -0.3 is 19.3 Å². The Morgan fingerprint density at radius 2 is 1.79 bits per heavy atom. The number of amides is 2. The minimum atomic E-state index is -0.597. The number of piperazine rings is 1. The van der Waals surface area contributed by atoms with Gasteiger partial charge in [0.2, 0.25) is 11.8 Å². The average molecular weight is 455 g/mol. The molecule has 2 amide bonds. The van der Waals surface area contributed by atoms with Crippen molar-refractivity contribution in [3.63, 3.8) is 0 Å². The highest BCUT2D eigenvalue weighted by atomic mass is 19.1. The Hall–Kier alpha value is -2.93. The van der Waals surface area contributed by atoms with E-state index in [0.29, 0.717) is 57.9 Å². The highest BCUT2D eigenvalue weighted by Crippen LogP contribution is 2.39. The molecule has 2 saturated heterocycles. The number of hydrogen-bond donors (Lipinski definition) is 0. The second kappa shape index (κ2) is 9.91. The number of benzene rings is 2. The summed E-state index contributed by atoms with van der Waals surface area (Å²) in [5.74, 6) is 0.476. The summed E-state index contributed by atoms with van der Waals surface area (Å²) < 4.78 is 24.6. The minimum absolute atomic E-state index is 0.0231. The van der Waals surface area contributed by atoms with Crippen LogP contribution in [0.5, 0.6) is 5.75 Å². The summed E-state index contributed by atoms with van der Waals surface area (Å²) in [4.78, 5) is 30.2. The highest BCUT2D eigenvalue weighted by Gasteiger charge is 2.45. The molecule has 176 valence electrons. The predicted molar refractivity (Wildman–Crippen MR) is 122 cm³/mol. The van der Waals surface area contributed by atoms with Gasteiger partial charge in [-0.3, -0.25) is 9.59 Å². The largest absolute Gasteiger partial charge is 0.496 e. The Morgan fingerprint density at radius 3 is 2.45 bits per heavy atom. The molecular weight excluding hydrogens is 423 g/mol. The van der Waals surface area contributed by atoms with Crippen LogP contribution in [0.3, 0.4) is 0 Å². The lowest BCUT2D eigenvalue weighted by Crippen LogP contribution is -2.56. The van der Waals surface area contributed by atoms with Gasteiger partial charge in [-0.15, -0.1) is 0 Å². The molecule has 0 radical (unpaired) electrons. The fourth-order valence-corrected chi connectivity index (χ4v) is 5.11. The summed E-state index contributed by atoms with van der Waals surface area (Å²) in [6.07, 6.45) is 1.78. The third kappa shape index (κ3) is 4.88. The first-order valence-electron chi connectivity index (χ1n) is 11.5. The maximum Gasteiger partial charge on any atom is 0.229 e. The molecular formula is C26H31FN2O4. The van der Waals surface area contributed by atoms with Crippen molar-refractivity contribution in [3.05, 3.63) is 65.5 Å². The summed E-state index contributed by atoms with van der Waals surface area (Å²) in [6.45, 7) is 3.97. The Bertz CT molecular complexity index is 988. The SMILES string of the molecule is COc1ccccc1C1CN(C(=O)C2(Cc3ccc(F)cc3)CCOCC2)CCN1C(C)=O. The van der Waals surface area contributed by atoms with E-state index >= 15 is 0 Å². The Balaban J connectivity index is 1.62. The molecule has 1 unspecified atom stereocenters. The minimum Gasteiger partial charge on any atom is -0.496 e. The van der Waals surface area contributed by atoms with Crippen molar-refractivity contribution >= 4 is 11.8 Å². The number of para-hydroxylation sites is 1. The molecule has 6 nitrogen and oxygen atoms in total. The second-order valence-electron chi connectivity index (χ2n) is 8.92. The number of nitrogens with zero attached hydrogens (tertiary/aromatic N) is 2. The molecule has 0 spiro atoms. The topological polar surface area (TPSA) is 59.1 Å². The van der Waals surface area contributed by atoms with Crippen LogP contribution >= 0.6 is 0 Å². The van der Waals surface area contributed by atoms with Gasteiger partial charge in [-0.2, -0.15) is 0 Å². The standard InChI is InChI=1S/C26H31FN2O4/c1-19(30)29-14-13-28(18-23(29)22-5-3-4-6-24(22)32-2)25(31)26(11-15-33-16-12-26)17-20-7-9-21(27)10-8-20/h3-10,23H,11-18H2,1-2H3. The summed E-state index contributed by atoms with van der Waals surface area (Å²) in [5.41, 5.74) is 1.24. The van der Waals surface area contributed by atoms with Gasteiger partial charge in [0.25, 0.3) is 0 Å². The zero-order valence-electron chi connectivity index (χ0n) is 19.3.